The van der Waals surface area contributed by atoms with Crippen LogP contribution in [0.4, 0.5) is 0 Å². The number of nitrogens with zero attached hydrogens (tertiary/aromatic N) is 1. The molecule has 88 valence electrons. The molecule has 0 unspecified atom stereocenters. The van der Waals surface area contributed by atoms with Crippen molar-refractivity contribution in [2.75, 3.05) is 7.05 Å². The van der Waals surface area contributed by atoms with Crippen LogP contribution in [0.5, 0.6) is 0 Å². The Morgan fingerprint density at radius 2 is 1.69 bits per heavy atom. The van der Waals surface area contributed by atoms with E-state index in [1.165, 1.54) is 43.2 Å². The Hall–Kier alpha value is -0.820. The van der Waals surface area contributed by atoms with E-state index in [4.69, 9.17) is 0 Å². The van der Waals surface area contributed by atoms with E-state index in [9.17, 15) is 0 Å². The second-order valence-corrected chi connectivity index (χ2v) is 5.19. The van der Waals surface area contributed by atoms with E-state index in [-0.39, 0.29) is 0 Å². The molecule has 0 bridgehead atoms. The normalized spacial score (nSPS) is 17.9. The van der Waals surface area contributed by atoms with Gasteiger partial charge < -0.3 is 0 Å². The average Bonchev–Trinajstić information content (AvgIpc) is 2.33. The molecule has 16 heavy (non-hydrogen) atoms. The first-order chi connectivity index (χ1) is 7.75. The zero-order valence-corrected chi connectivity index (χ0v) is 10.6. The molecular weight excluding hydrogens is 194 g/mol. The first-order valence-corrected chi connectivity index (χ1v) is 6.51. The molecule has 1 aromatic rings. The number of benzene rings is 1. The highest BCUT2D eigenvalue weighted by Crippen LogP contribution is 2.22. The molecular formula is C15H23N. The van der Waals surface area contributed by atoms with Crippen molar-refractivity contribution in [1.29, 1.82) is 0 Å². The van der Waals surface area contributed by atoms with Crippen molar-refractivity contribution in [3.8, 4) is 0 Å². The Balaban J connectivity index is 1.90. The van der Waals surface area contributed by atoms with Gasteiger partial charge in [0, 0.05) is 12.6 Å². The highest BCUT2D eigenvalue weighted by atomic mass is 15.1. The molecule has 1 aliphatic rings. The number of aryl methyl sites for hydroxylation is 1. The molecule has 0 spiro atoms. The van der Waals surface area contributed by atoms with Crippen LogP contribution < -0.4 is 0 Å². The second kappa shape index (κ2) is 5.49. The van der Waals surface area contributed by atoms with Crippen molar-refractivity contribution in [1.82, 2.24) is 4.90 Å². The van der Waals surface area contributed by atoms with E-state index < -0.39 is 0 Å². The Morgan fingerprint density at radius 3 is 2.31 bits per heavy atom. The van der Waals surface area contributed by atoms with E-state index in [0.717, 1.165) is 12.6 Å². The van der Waals surface area contributed by atoms with Crippen LogP contribution in [0.25, 0.3) is 0 Å². The zero-order valence-electron chi connectivity index (χ0n) is 10.6. The lowest BCUT2D eigenvalue weighted by atomic mass is 9.94. The Kier molecular flexibility index (Phi) is 4.00. The lowest BCUT2D eigenvalue weighted by molar-refractivity contribution is 0.184. The van der Waals surface area contributed by atoms with Gasteiger partial charge in [-0.2, -0.15) is 0 Å². The van der Waals surface area contributed by atoms with E-state index in [1.54, 1.807) is 0 Å². The highest BCUT2D eigenvalue weighted by Gasteiger charge is 2.17. The van der Waals surface area contributed by atoms with Gasteiger partial charge in [0.15, 0.2) is 0 Å². The third kappa shape index (κ3) is 3.08. The topological polar surface area (TPSA) is 3.24 Å². The summed E-state index contributed by atoms with van der Waals surface area (Å²) in [4.78, 5) is 2.53. The van der Waals surface area contributed by atoms with Crippen LogP contribution in [0.15, 0.2) is 24.3 Å². The first-order valence-electron chi connectivity index (χ1n) is 6.51. The van der Waals surface area contributed by atoms with E-state index in [2.05, 4.69) is 43.1 Å². The molecule has 0 aromatic heterocycles. The number of hydrogen-bond donors (Lipinski definition) is 0. The fourth-order valence-corrected chi connectivity index (χ4v) is 2.63. The molecule has 0 N–H and O–H groups in total. The lowest BCUT2D eigenvalue weighted by Gasteiger charge is -2.31. The van der Waals surface area contributed by atoms with E-state index >= 15 is 0 Å². The summed E-state index contributed by atoms with van der Waals surface area (Å²) in [6.45, 7) is 3.25. The molecule has 0 amide bonds. The van der Waals surface area contributed by atoms with Crippen molar-refractivity contribution in [3.63, 3.8) is 0 Å². The van der Waals surface area contributed by atoms with Gasteiger partial charge in [0.2, 0.25) is 0 Å². The largest absolute Gasteiger partial charge is 0.299 e. The van der Waals surface area contributed by atoms with Gasteiger partial charge >= 0.3 is 0 Å². The van der Waals surface area contributed by atoms with Crippen LogP contribution >= 0.6 is 0 Å². The summed E-state index contributed by atoms with van der Waals surface area (Å²) in [5.74, 6) is 0. The van der Waals surface area contributed by atoms with Gasteiger partial charge in [-0.15, -0.1) is 0 Å². The second-order valence-electron chi connectivity index (χ2n) is 5.19. The van der Waals surface area contributed by atoms with Crippen LogP contribution in [0, 0.1) is 6.92 Å². The molecule has 1 heteroatoms. The third-order valence-electron chi connectivity index (χ3n) is 3.75. The molecule has 0 atom stereocenters. The van der Waals surface area contributed by atoms with Gasteiger partial charge in [-0.05, 0) is 32.4 Å². The molecule has 0 heterocycles. The Bertz CT molecular complexity index is 309. The zero-order chi connectivity index (χ0) is 11.4. The fourth-order valence-electron chi connectivity index (χ4n) is 2.63. The van der Waals surface area contributed by atoms with Crippen LogP contribution in [-0.2, 0) is 6.54 Å². The van der Waals surface area contributed by atoms with Crippen molar-refractivity contribution in [3.05, 3.63) is 35.4 Å². The van der Waals surface area contributed by atoms with Crippen LogP contribution in [0.2, 0.25) is 0 Å². The summed E-state index contributed by atoms with van der Waals surface area (Å²) >= 11 is 0. The summed E-state index contributed by atoms with van der Waals surface area (Å²) < 4.78 is 0. The molecule has 0 aliphatic heterocycles. The Labute approximate surface area is 99.5 Å². The van der Waals surface area contributed by atoms with Crippen LogP contribution in [-0.4, -0.2) is 18.0 Å². The van der Waals surface area contributed by atoms with Crippen LogP contribution in [0.1, 0.15) is 43.2 Å². The van der Waals surface area contributed by atoms with Gasteiger partial charge in [-0.25, -0.2) is 0 Å². The standard InChI is InChI=1S/C15H23N/c1-13-8-10-14(11-9-13)12-16(2)15-6-4-3-5-7-15/h8-11,15H,3-7,12H2,1-2H3. The highest BCUT2D eigenvalue weighted by molar-refractivity contribution is 5.21. The minimum Gasteiger partial charge on any atom is -0.299 e. The smallest absolute Gasteiger partial charge is 0.0233 e. The van der Waals surface area contributed by atoms with Gasteiger partial charge in [-0.3, -0.25) is 4.90 Å². The molecule has 2 rings (SSSR count). The van der Waals surface area contributed by atoms with Crippen LogP contribution in [0.3, 0.4) is 0 Å². The number of hydrogen-bond acceptors (Lipinski definition) is 1. The van der Waals surface area contributed by atoms with Crippen molar-refractivity contribution < 1.29 is 0 Å². The molecule has 1 fully saturated rings. The monoisotopic (exact) mass is 217 g/mol. The summed E-state index contributed by atoms with van der Waals surface area (Å²) in [5.41, 5.74) is 2.79. The van der Waals surface area contributed by atoms with Gasteiger partial charge in [0.1, 0.15) is 0 Å². The lowest BCUT2D eigenvalue weighted by Crippen LogP contribution is -2.32. The van der Waals surface area contributed by atoms with Crippen molar-refractivity contribution >= 4 is 0 Å². The molecule has 1 aliphatic carbocycles. The quantitative estimate of drug-likeness (QED) is 0.745. The van der Waals surface area contributed by atoms with Gasteiger partial charge in [-0.1, -0.05) is 49.1 Å². The summed E-state index contributed by atoms with van der Waals surface area (Å²) in [6.07, 6.45) is 7.06. The molecule has 0 saturated heterocycles. The van der Waals surface area contributed by atoms with Gasteiger partial charge in [0.25, 0.3) is 0 Å². The SMILES string of the molecule is Cc1ccc(CN(C)C2CCCCC2)cc1. The molecule has 1 saturated carbocycles. The summed E-state index contributed by atoms with van der Waals surface area (Å²) in [7, 11) is 2.27. The summed E-state index contributed by atoms with van der Waals surface area (Å²) in [5, 5.41) is 0. The summed E-state index contributed by atoms with van der Waals surface area (Å²) in [6, 6.07) is 9.76. The van der Waals surface area contributed by atoms with Crippen molar-refractivity contribution in [2.24, 2.45) is 0 Å². The predicted octanol–water partition coefficient (Wildman–Crippen LogP) is 3.76. The maximum atomic E-state index is 2.53. The maximum Gasteiger partial charge on any atom is 0.0233 e. The van der Waals surface area contributed by atoms with E-state index in [0.29, 0.717) is 0 Å². The molecule has 1 nitrogen and oxygen atoms in total. The minimum atomic E-state index is 0.815. The first kappa shape index (κ1) is 11.7. The average molecular weight is 217 g/mol. The van der Waals surface area contributed by atoms with Crippen molar-refractivity contribution in [2.45, 2.75) is 51.6 Å². The predicted molar refractivity (Wildman–Crippen MR) is 69.5 cm³/mol. The molecule has 1 aromatic carbocycles. The minimum absolute atomic E-state index is 0.815. The van der Waals surface area contributed by atoms with Gasteiger partial charge in [0.05, 0.1) is 0 Å². The number of rotatable bonds is 3. The maximum absolute atomic E-state index is 2.53. The third-order valence-corrected chi connectivity index (χ3v) is 3.75. The Morgan fingerprint density at radius 1 is 1.06 bits per heavy atom. The fraction of sp³-hybridized carbons (Fsp3) is 0.600. The molecule has 0 radical (unpaired) electrons. The van der Waals surface area contributed by atoms with E-state index in [1.807, 2.05) is 0 Å².